The third-order valence-corrected chi connectivity index (χ3v) is 6.96. The predicted molar refractivity (Wildman–Crippen MR) is 88.0 cm³/mol. The normalized spacial score (nSPS) is 32.5. The van der Waals surface area contributed by atoms with Crippen molar-refractivity contribution in [3.63, 3.8) is 0 Å². The number of carbonyl (C=O) groups is 1. The first kappa shape index (κ1) is 16.4. The van der Waals surface area contributed by atoms with Crippen molar-refractivity contribution < 1.29 is 13.6 Å². The monoisotopic (exact) mass is 355 g/mol. The number of aromatic nitrogens is 1. The number of alkyl halides is 2. The van der Waals surface area contributed by atoms with Gasteiger partial charge in [0.1, 0.15) is 0 Å². The predicted octanol–water partition coefficient (Wildman–Crippen LogP) is 2.92. The van der Waals surface area contributed by atoms with Gasteiger partial charge in [-0.25, -0.2) is 13.8 Å². The summed E-state index contributed by atoms with van der Waals surface area (Å²) in [6.45, 7) is 4.04. The number of hydrogen-bond donors (Lipinski definition) is 0. The zero-order valence-corrected chi connectivity index (χ0v) is 14.7. The fourth-order valence-electron chi connectivity index (χ4n) is 4.70. The van der Waals surface area contributed by atoms with E-state index in [1.807, 2.05) is 12.4 Å². The molecule has 2 atom stereocenters. The first-order valence-electron chi connectivity index (χ1n) is 8.67. The zero-order valence-electron chi connectivity index (χ0n) is 13.9. The van der Waals surface area contributed by atoms with Gasteiger partial charge < -0.3 is 4.90 Å². The Morgan fingerprint density at radius 1 is 1.38 bits per heavy atom. The summed E-state index contributed by atoms with van der Waals surface area (Å²) in [4.78, 5) is 22.1. The standard InChI is InChI=1S/C17H23F2N3OS/c1-12-14(24-11-20-12)7-21-6-5-16(8-21)4-2-3-13(16)15(23)22-9-17(18,19)10-22/h11,13H,2-10H2,1H3/t13-,16-/m0/s1. The number of rotatable bonds is 3. The Morgan fingerprint density at radius 2 is 2.17 bits per heavy atom. The summed E-state index contributed by atoms with van der Waals surface area (Å²) >= 11 is 1.68. The molecule has 2 aliphatic heterocycles. The smallest absolute Gasteiger partial charge is 0.282 e. The average molecular weight is 355 g/mol. The lowest BCUT2D eigenvalue weighted by molar-refractivity contribution is -0.172. The average Bonchev–Trinajstić information content (AvgIpc) is 3.20. The van der Waals surface area contributed by atoms with Crippen molar-refractivity contribution in [3.8, 4) is 0 Å². The second-order valence-corrected chi connectivity index (χ2v) is 8.62. The Bertz CT molecular complexity index is 642. The van der Waals surface area contributed by atoms with Gasteiger partial charge in [0.2, 0.25) is 5.91 Å². The number of amides is 1. The molecule has 4 rings (SSSR count). The number of likely N-dealkylation sites (tertiary alicyclic amines) is 2. The minimum Gasteiger partial charge on any atom is -0.330 e. The third kappa shape index (κ3) is 2.75. The summed E-state index contributed by atoms with van der Waals surface area (Å²) in [5, 5.41) is 0. The largest absolute Gasteiger partial charge is 0.330 e. The highest BCUT2D eigenvalue weighted by Gasteiger charge is 2.55. The Morgan fingerprint density at radius 3 is 2.83 bits per heavy atom. The molecule has 1 spiro atoms. The number of thiazole rings is 1. The van der Waals surface area contributed by atoms with Crippen molar-refractivity contribution in [2.45, 2.75) is 45.1 Å². The van der Waals surface area contributed by atoms with Gasteiger partial charge in [-0.2, -0.15) is 0 Å². The molecular formula is C17H23F2N3OS. The molecule has 1 aromatic heterocycles. The zero-order chi connectivity index (χ0) is 16.9. The van der Waals surface area contributed by atoms with Gasteiger partial charge in [-0.3, -0.25) is 9.69 Å². The molecule has 0 radical (unpaired) electrons. The Hall–Kier alpha value is -1.08. The molecule has 2 saturated heterocycles. The quantitative estimate of drug-likeness (QED) is 0.836. The van der Waals surface area contributed by atoms with E-state index in [0.717, 1.165) is 51.0 Å². The molecule has 0 bridgehead atoms. The van der Waals surface area contributed by atoms with Crippen LogP contribution in [0.15, 0.2) is 5.51 Å². The lowest BCUT2D eigenvalue weighted by atomic mass is 9.76. The van der Waals surface area contributed by atoms with Crippen LogP contribution in [0.4, 0.5) is 8.78 Å². The summed E-state index contributed by atoms with van der Waals surface area (Å²) in [6, 6.07) is 0. The number of nitrogens with zero attached hydrogens (tertiary/aromatic N) is 3. The molecule has 4 nitrogen and oxygen atoms in total. The fourth-order valence-corrected chi connectivity index (χ4v) is 5.52. The van der Waals surface area contributed by atoms with Crippen molar-refractivity contribution in [3.05, 3.63) is 16.1 Å². The molecule has 132 valence electrons. The third-order valence-electron chi connectivity index (χ3n) is 6.04. The van der Waals surface area contributed by atoms with E-state index in [2.05, 4.69) is 9.88 Å². The second-order valence-electron chi connectivity index (χ2n) is 7.68. The minimum atomic E-state index is -2.67. The molecule has 1 aromatic rings. The molecule has 0 unspecified atom stereocenters. The number of hydrogen-bond acceptors (Lipinski definition) is 4. The molecule has 1 saturated carbocycles. The highest BCUT2D eigenvalue weighted by Crippen LogP contribution is 2.51. The van der Waals surface area contributed by atoms with Crippen molar-refractivity contribution in [1.82, 2.24) is 14.8 Å². The Labute approximate surface area is 144 Å². The summed E-state index contributed by atoms with van der Waals surface area (Å²) in [5.74, 6) is -2.78. The molecule has 1 amide bonds. The van der Waals surface area contributed by atoms with E-state index >= 15 is 0 Å². The van der Waals surface area contributed by atoms with Gasteiger partial charge in [0.15, 0.2) is 0 Å². The summed E-state index contributed by atoms with van der Waals surface area (Å²) in [5.41, 5.74) is 2.96. The highest BCUT2D eigenvalue weighted by molar-refractivity contribution is 7.09. The van der Waals surface area contributed by atoms with E-state index in [1.54, 1.807) is 11.3 Å². The molecule has 3 fully saturated rings. The van der Waals surface area contributed by atoms with E-state index in [-0.39, 0.29) is 30.3 Å². The number of carbonyl (C=O) groups excluding carboxylic acids is 1. The van der Waals surface area contributed by atoms with Gasteiger partial charge in [0.05, 0.1) is 24.3 Å². The van der Waals surface area contributed by atoms with Gasteiger partial charge in [-0.15, -0.1) is 11.3 Å². The van der Waals surface area contributed by atoms with Crippen LogP contribution in [0.5, 0.6) is 0 Å². The molecule has 7 heteroatoms. The Balaban J connectivity index is 1.43. The maximum atomic E-state index is 13.1. The van der Waals surface area contributed by atoms with Gasteiger partial charge in [0, 0.05) is 23.9 Å². The maximum Gasteiger partial charge on any atom is 0.282 e. The molecule has 0 N–H and O–H groups in total. The Kier molecular flexibility index (Phi) is 3.91. The number of halogens is 2. The van der Waals surface area contributed by atoms with Crippen LogP contribution >= 0.6 is 11.3 Å². The molecular weight excluding hydrogens is 332 g/mol. The fraction of sp³-hybridized carbons (Fsp3) is 0.765. The first-order valence-corrected chi connectivity index (χ1v) is 9.55. The maximum absolute atomic E-state index is 13.1. The summed E-state index contributed by atoms with van der Waals surface area (Å²) in [6.07, 6.45) is 3.94. The van der Waals surface area contributed by atoms with Crippen molar-refractivity contribution >= 4 is 17.2 Å². The van der Waals surface area contributed by atoms with Crippen LogP contribution in [-0.4, -0.2) is 52.8 Å². The molecule has 3 heterocycles. The van der Waals surface area contributed by atoms with Gasteiger partial charge in [-0.1, -0.05) is 6.42 Å². The number of aryl methyl sites for hydroxylation is 1. The van der Waals surface area contributed by atoms with Crippen molar-refractivity contribution in [2.24, 2.45) is 11.3 Å². The second kappa shape index (κ2) is 5.73. The molecule has 1 aliphatic carbocycles. The van der Waals surface area contributed by atoms with Crippen LogP contribution in [0.25, 0.3) is 0 Å². The van der Waals surface area contributed by atoms with Gasteiger partial charge in [0.25, 0.3) is 5.92 Å². The van der Waals surface area contributed by atoms with Crippen LogP contribution in [0, 0.1) is 18.3 Å². The first-order chi connectivity index (χ1) is 11.4. The summed E-state index contributed by atoms with van der Waals surface area (Å²) < 4.78 is 26.2. The van der Waals surface area contributed by atoms with E-state index in [4.69, 9.17) is 0 Å². The van der Waals surface area contributed by atoms with E-state index in [9.17, 15) is 13.6 Å². The SMILES string of the molecule is Cc1ncsc1CN1CC[C@@]2(CCC[C@H]2C(=O)N2CC(F)(F)C2)C1. The lowest BCUT2D eigenvalue weighted by Gasteiger charge is -2.42. The van der Waals surface area contributed by atoms with Crippen LogP contribution in [0.2, 0.25) is 0 Å². The van der Waals surface area contributed by atoms with Gasteiger partial charge in [-0.05, 0) is 38.1 Å². The van der Waals surface area contributed by atoms with E-state index < -0.39 is 5.92 Å². The van der Waals surface area contributed by atoms with Crippen molar-refractivity contribution in [1.29, 1.82) is 0 Å². The topological polar surface area (TPSA) is 36.4 Å². The highest BCUT2D eigenvalue weighted by atomic mass is 32.1. The van der Waals surface area contributed by atoms with Gasteiger partial charge >= 0.3 is 0 Å². The van der Waals surface area contributed by atoms with Crippen LogP contribution in [0.1, 0.15) is 36.3 Å². The van der Waals surface area contributed by atoms with Crippen LogP contribution in [0.3, 0.4) is 0 Å². The van der Waals surface area contributed by atoms with Crippen molar-refractivity contribution in [2.75, 3.05) is 26.2 Å². The van der Waals surface area contributed by atoms with E-state index in [0.29, 0.717) is 0 Å². The summed E-state index contributed by atoms with van der Waals surface area (Å²) in [7, 11) is 0. The minimum absolute atomic E-state index is 0.000548. The molecule has 24 heavy (non-hydrogen) atoms. The lowest BCUT2D eigenvalue weighted by Crippen LogP contribution is -2.60. The molecule has 0 aromatic carbocycles. The van der Waals surface area contributed by atoms with Crippen LogP contribution < -0.4 is 0 Å². The van der Waals surface area contributed by atoms with Crippen LogP contribution in [-0.2, 0) is 11.3 Å². The molecule has 3 aliphatic rings. The van der Waals surface area contributed by atoms with E-state index in [1.165, 1.54) is 9.78 Å².